The van der Waals surface area contributed by atoms with Crippen molar-refractivity contribution >= 4 is 16.3 Å². The molecule has 0 atom stereocenters. The van der Waals surface area contributed by atoms with E-state index < -0.39 is 0 Å². The number of hydrogen-bond acceptors (Lipinski definition) is 4. The number of aryl methyl sites for hydroxylation is 1. The molecule has 0 bridgehead atoms. The van der Waals surface area contributed by atoms with Crippen LogP contribution in [0.5, 0.6) is 0 Å². The smallest absolute Gasteiger partial charge is 0.212 e. The van der Waals surface area contributed by atoms with E-state index in [2.05, 4.69) is 22.0 Å². The van der Waals surface area contributed by atoms with Crippen molar-refractivity contribution in [1.82, 2.24) is 19.6 Å². The third-order valence-corrected chi connectivity index (χ3v) is 3.45. The number of pyridine rings is 1. The fourth-order valence-electron chi connectivity index (χ4n) is 1.58. The van der Waals surface area contributed by atoms with Crippen LogP contribution in [0.2, 0.25) is 0 Å². The Balaban J connectivity index is 2.09. The highest BCUT2D eigenvalue weighted by atomic mass is 32.1. The lowest BCUT2D eigenvalue weighted by molar-refractivity contribution is 0.622. The molecule has 3 rings (SSSR count). The monoisotopic (exact) mass is 248 g/mol. The normalized spacial score (nSPS) is 11.2. The molecule has 0 aliphatic rings. The first-order valence-corrected chi connectivity index (χ1v) is 6.04. The lowest BCUT2D eigenvalue weighted by Gasteiger charge is -1.94. The van der Waals surface area contributed by atoms with Crippen LogP contribution in [0, 0.1) is 5.82 Å². The summed E-state index contributed by atoms with van der Waals surface area (Å²) in [4.78, 5) is 9.03. The van der Waals surface area contributed by atoms with Crippen LogP contribution in [0.3, 0.4) is 0 Å². The second-order valence-electron chi connectivity index (χ2n) is 3.59. The Kier molecular flexibility index (Phi) is 2.36. The standard InChI is InChI=1S/C11H9FN4S/c1-2-10-15-16-6-9(14-11(16)17-10)7-3-8(12)5-13-4-7/h3-6H,2H2,1H3. The molecule has 0 fully saturated rings. The molecule has 0 amide bonds. The maximum Gasteiger partial charge on any atom is 0.212 e. The molecule has 0 saturated heterocycles. The number of halogens is 1. The zero-order chi connectivity index (χ0) is 11.8. The van der Waals surface area contributed by atoms with Gasteiger partial charge in [0.05, 0.1) is 18.1 Å². The van der Waals surface area contributed by atoms with Gasteiger partial charge in [-0.05, 0) is 12.5 Å². The molecule has 0 unspecified atom stereocenters. The summed E-state index contributed by atoms with van der Waals surface area (Å²) >= 11 is 1.54. The SMILES string of the molecule is CCc1nn2cc(-c3cncc(F)c3)nc2s1. The van der Waals surface area contributed by atoms with Gasteiger partial charge < -0.3 is 0 Å². The molecule has 0 radical (unpaired) electrons. The third-order valence-electron chi connectivity index (χ3n) is 2.39. The summed E-state index contributed by atoms with van der Waals surface area (Å²) in [5.74, 6) is -0.360. The molecule has 0 N–H and O–H groups in total. The molecule has 17 heavy (non-hydrogen) atoms. The Morgan fingerprint density at radius 2 is 2.29 bits per heavy atom. The highest BCUT2D eigenvalue weighted by molar-refractivity contribution is 7.16. The van der Waals surface area contributed by atoms with Gasteiger partial charge in [0, 0.05) is 11.8 Å². The van der Waals surface area contributed by atoms with Gasteiger partial charge in [0.15, 0.2) is 0 Å². The number of fused-ring (bicyclic) bond motifs is 1. The molecule has 0 aliphatic carbocycles. The van der Waals surface area contributed by atoms with Crippen molar-refractivity contribution in [2.45, 2.75) is 13.3 Å². The van der Waals surface area contributed by atoms with Crippen molar-refractivity contribution in [3.05, 3.63) is 35.5 Å². The van der Waals surface area contributed by atoms with Crippen LogP contribution in [-0.2, 0) is 6.42 Å². The van der Waals surface area contributed by atoms with E-state index in [9.17, 15) is 4.39 Å². The van der Waals surface area contributed by atoms with E-state index >= 15 is 0 Å². The number of rotatable bonds is 2. The molecular weight excluding hydrogens is 239 g/mol. The van der Waals surface area contributed by atoms with Gasteiger partial charge in [-0.15, -0.1) is 0 Å². The molecule has 86 valence electrons. The summed E-state index contributed by atoms with van der Waals surface area (Å²) in [6.07, 6.45) is 5.46. The summed E-state index contributed by atoms with van der Waals surface area (Å²) in [6.45, 7) is 2.05. The zero-order valence-corrected chi connectivity index (χ0v) is 9.91. The molecule has 3 aromatic heterocycles. The first-order valence-electron chi connectivity index (χ1n) is 5.22. The van der Waals surface area contributed by atoms with E-state index in [0.29, 0.717) is 11.3 Å². The Morgan fingerprint density at radius 3 is 3.00 bits per heavy atom. The highest BCUT2D eigenvalue weighted by Crippen LogP contribution is 2.22. The van der Waals surface area contributed by atoms with Gasteiger partial charge in [0.25, 0.3) is 0 Å². The molecule has 3 aromatic rings. The minimum absolute atomic E-state index is 0.360. The van der Waals surface area contributed by atoms with Gasteiger partial charge in [-0.2, -0.15) is 5.10 Å². The van der Waals surface area contributed by atoms with Crippen LogP contribution in [0.1, 0.15) is 11.9 Å². The maximum absolute atomic E-state index is 13.0. The largest absolute Gasteiger partial charge is 0.261 e. The quantitative estimate of drug-likeness (QED) is 0.700. The Hall–Kier alpha value is -1.82. The molecular formula is C11H9FN4S. The number of aromatic nitrogens is 4. The Labute approximate surface area is 101 Å². The summed E-state index contributed by atoms with van der Waals surface area (Å²) in [6, 6.07) is 1.42. The summed E-state index contributed by atoms with van der Waals surface area (Å²) in [7, 11) is 0. The van der Waals surface area contributed by atoms with Crippen LogP contribution >= 0.6 is 11.3 Å². The van der Waals surface area contributed by atoms with E-state index in [4.69, 9.17) is 0 Å². The third kappa shape index (κ3) is 1.80. The van der Waals surface area contributed by atoms with Crippen molar-refractivity contribution in [2.75, 3.05) is 0 Å². The van der Waals surface area contributed by atoms with Crippen molar-refractivity contribution in [2.24, 2.45) is 0 Å². The van der Waals surface area contributed by atoms with Crippen molar-refractivity contribution in [1.29, 1.82) is 0 Å². The second kappa shape index (κ2) is 3.89. The lowest BCUT2D eigenvalue weighted by Crippen LogP contribution is -1.84. The first-order chi connectivity index (χ1) is 8.26. The Bertz CT molecular complexity index is 641. The number of nitrogens with zero attached hydrogens (tertiary/aromatic N) is 4. The predicted molar refractivity (Wildman–Crippen MR) is 63.4 cm³/mol. The maximum atomic E-state index is 13.0. The fourth-order valence-corrected chi connectivity index (χ4v) is 2.39. The van der Waals surface area contributed by atoms with E-state index in [0.717, 1.165) is 16.4 Å². The van der Waals surface area contributed by atoms with Crippen LogP contribution in [0.15, 0.2) is 24.7 Å². The molecule has 4 nitrogen and oxygen atoms in total. The van der Waals surface area contributed by atoms with Crippen LogP contribution in [0.25, 0.3) is 16.2 Å². The zero-order valence-electron chi connectivity index (χ0n) is 9.09. The molecule has 0 aliphatic heterocycles. The van der Waals surface area contributed by atoms with Gasteiger partial charge in [0.2, 0.25) is 4.96 Å². The van der Waals surface area contributed by atoms with E-state index in [1.807, 2.05) is 0 Å². The minimum Gasteiger partial charge on any atom is -0.261 e. The van der Waals surface area contributed by atoms with Crippen LogP contribution < -0.4 is 0 Å². The van der Waals surface area contributed by atoms with E-state index in [1.165, 1.54) is 12.3 Å². The average Bonchev–Trinajstić information content (AvgIpc) is 2.86. The van der Waals surface area contributed by atoms with Crippen molar-refractivity contribution in [3.8, 4) is 11.3 Å². The minimum atomic E-state index is -0.360. The molecule has 3 heterocycles. The van der Waals surface area contributed by atoms with Crippen LogP contribution in [-0.4, -0.2) is 19.6 Å². The predicted octanol–water partition coefficient (Wildman–Crippen LogP) is 2.55. The number of imidazole rings is 1. The highest BCUT2D eigenvalue weighted by Gasteiger charge is 2.09. The van der Waals surface area contributed by atoms with E-state index in [-0.39, 0.29) is 5.82 Å². The topological polar surface area (TPSA) is 43.1 Å². The molecule has 6 heteroatoms. The number of hydrogen-bond donors (Lipinski definition) is 0. The van der Waals surface area contributed by atoms with Crippen LogP contribution in [0.4, 0.5) is 4.39 Å². The van der Waals surface area contributed by atoms with Gasteiger partial charge in [-0.3, -0.25) is 4.98 Å². The van der Waals surface area contributed by atoms with Gasteiger partial charge in [-0.25, -0.2) is 13.9 Å². The average molecular weight is 248 g/mol. The van der Waals surface area contributed by atoms with Gasteiger partial charge in [0.1, 0.15) is 10.8 Å². The summed E-state index contributed by atoms with van der Waals surface area (Å²) < 4.78 is 14.8. The lowest BCUT2D eigenvalue weighted by atomic mass is 10.2. The fraction of sp³-hybridized carbons (Fsp3) is 0.182. The van der Waals surface area contributed by atoms with Gasteiger partial charge in [-0.1, -0.05) is 18.3 Å². The molecule has 0 saturated carbocycles. The molecule has 0 spiro atoms. The summed E-state index contributed by atoms with van der Waals surface area (Å²) in [5, 5.41) is 5.40. The summed E-state index contributed by atoms with van der Waals surface area (Å²) in [5.41, 5.74) is 1.36. The molecule has 0 aromatic carbocycles. The van der Waals surface area contributed by atoms with Crippen molar-refractivity contribution < 1.29 is 4.39 Å². The van der Waals surface area contributed by atoms with Gasteiger partial charge >= 0.3 is 0 Å². The Morgan fingerprint density at radius 1 is 1.41 bits per heavy atom. The van der Waals surface area contributed by atoms with E-state index in [1.54, 1.807) is 28.2 Å². The van der Waals surface area contributed by atoms with Crippen molar-refractivity contribution in [3.63, 3.8) is 0 Å². The first kappa shape index (κ1) is 10.3. The second-order valence-corrected chi connectivity index (χ2v) is 4.63.